The minimum atomic E-state index is -0.598. The number of guanidine groups is 1. The number of aliphatic hydroxyl groups is 1. The number of thiophene rings is 1. The van der Waals surface area contributed by atoms with E-state index < -0.39 is 6.10 Å². The number of aromatic amines is 1. The van der Waals surface area contributed by atoms with Gasteiger partial charge in [0.05, 0.1) is 11.9 Å². The Kier molecular flexibility index (Phi) is 8.44. The largest absolute Gasteiger partial charge is 0.386 e. The number of nitrogens with one attached hydrogen (secondary N) is 3. The normalized spacial score (nSPS) is 12.4. The molecule has 162 valence electrons. The van der Waals surface area contributed by atoms with E-state index in [1.165, 1.54) is 4.70 Å². The fourth-order valence-corrected chi connectivity index (χ4v) is 4.21. The number of hydrogen-bond acceptors (Lipinski definition) is 4. The van der Waals surface area contributed by atoms with Crippen LogP contribution in [0, 0.1) is 0 Å². The first-order chi connectivity index (χ1) is 14.7. The van der Waals surface area contributed by atoms with E-state index in [1.54, 1.807) is 11.3 Å². The van der Waals surface area contributed by atoms with Gasteiger partial charge in [0.15, 0.2) is 5.96 Å². The van der Waals surface area contributed by atoms with Crippen LogP contribution in [0.4, 0.5) is 0 Å². The summed E-state index contributed by atoms with van der Waals surface area (Å²) in [5.74, 6) is 1.44. The molecular formula is C23H26IN5OS. The maximum Gasteiger partial charge on any atom is 0.191 e. The summed E-state index contributed by atoms with van der Waals surface area (Å²) in [4.78, 5) is 13.3. The Hall–Kier alpha value is -2.43. The van der Waals surface area contributed by atoms with Crippen LogP contribution in [0.2, 0.25) is 0 Å². The molecule has 0 saturated carbocycles. The summed E-state index contributed by atoms with van der Waals surface area (Å²) in [6.07, 6.45) is 1.23. The van der Waals surface area contributed by atoms with Gasteiger partial charge in [-0.2, -0.15) is 0 Å². The van der Waals surface area contributed by atoms with Gasteiger partial charge >= 0.3 is 0 Å². The summed E-state index contributed by atoms with van der Waals surface area (Å²) in [5.41, 5.74) is 2.07. The molecule has 2 aromatic heterocycles. The highest BCUT2D eigenvalue weighted by Gasteiger charge is 2.12. The lowest BCUT2D eigenvalue weighted by Gasteiger charge is -2.14. The predicted octanol–water partition coefficient (Wildman–Crippen LogP) is 4.70. The summed E-state index contributed by atoms with van der Waals surface area (Å²) in [5, 5.41) is 18.2. The molecule has 6 nitrogen and oxygen atoms in total. The number of aliphatic hydroxyl groups excluding tert-OH is 1. The second kappa shape index (κ2) is 11.3. The average Bonchev–Trinajstić information content (AvgIpc) is 3.43. The summed E-state index contributed by atoms with van der Waals surface area (Å²) in [6, 6.07) is 20.3. The number of nitrogens with zero attached hydrogens (tertiary/aromatic N) is 2. The van der Waals surface area contributed by atoms with Crippen LogP contribution < -0.4 is 10.6 Å². The second-order valence-electron chi connectivity index (χ2n) is 6.89. The molecule has 1 atom stereocenters. The third kappa shape index (κ3) is 6.05. The van der Waals surface area contributed by atoms with E-state index in [9.17, 15) is 5.11 Å². The SMILES string of the molecule is CCNC(=NCc1ncc(-c2ccccc2)[nH]1)NCC(O)c1cc2ccccc2s1.I. The summed E-state index contributed by atoms with van der Waals surface area (Å²) < 4.78 is 1.18. The molecular weight excluding hydrogens is 521 g/mol. The fourth-order valence-electron chi connectivity index (χ4n) is 3.16. The molecule has 0 aliphatic heterocycles. The Labute approximate surface area is 202 Å². The van der Waals surface area contributed by atoms with Crippen molar-refractivity contribution in [3.63, 3.8) is 0 Å². The van der Waals surface area contributed by atoms with Crippen LogP contribution in [0.25, 0.3) is 21.3 Å². The molecule has 4 aromatic rings. The van der Waals surface area contributed by atoms with E-state index in [-0.39, 0.29) is 24.0 Å². The zero-order valence-corrected chi connectivity index (χ0v) is 20.4. The topological polar surface area (TPSA) is 85.3 Å². The van der Waals surface area contributed by atoms with E-state index in [2.05, 4.69) is 37.7 Å². The molecule has 0 aliphatic carbocycles. The van der Waals surface area contributed by atoms with Crippen LogP contribution in [-0.4, -0.2) is 34.1 Å². The van der Waals surface area contributed by atoms with Gasteiger partial charge in [0.25, 0.3) is 0 Å². The van der Waals surface area contributed by atoms with Crippen molar-refractivity contribution >= 4 is 51.4 Å². The maximum atomic E-state index is 10.6. The van der Waals surface area contributed by atoms with Crippen LogP contribution >= 0.6 is 35.3 Å². The molecule has 4 rings (SSSR count). The minimum absolute atomic E-state index is 0. The van der Waals surface area contributed by atoms with Crippen molar-refractivity contribution in [1.29, 1.82) is 0 Å². The van der Waals surface area contributed by atoms with Crippen molar-refractivity contribution in [1.82, 2.24) is 20.6 Å². The Morgan fingerprint density at radius 2 is 1.90 bits per heavy atom. The molecule has 0 saturated heterocycles. The molecule has 8 heteroatoms. The summed E-state index contributed by atoms with van der Waals surface area (Å²) >= 11 is 1.62. The van der Waals surface area contributed by atoms with Gasteiger partial charge in [-0.25, -0.2) is 9.98 Å². The van der Waals surface area contributed by atoms with Crippen molar-refractivity contribution in [3.05, 3.63) is 77.6 Å². The lowest BCUT2D eigenvalue weighted by molar-refractivity contribution is 0.184. The van der Waals surface area contributed by atoms with Crippen LogP contribution in [-0.2, 0) is 6.54 Å². The van der Waals surface area contributed by atoms with Crippen LogP contribution in [0.1, 0.15) is 23.7 Å². The van der Waals surface area contributed by atoms with Crippen LogP contribution in [0.15, 0.2) is 71.9 Å². The van der Waals surface area contributed by atoms with Gasteiger partial charge < -0.3 is 20.7 Å². The second-order valence-corrected chi connectivity index (χ2v) is 8.00. The van der Waals surface area contributed by atoms with Crippen molar-refractivity contribution in [3.8, 4) is 11.3 Å². The van der Waals surface area contributed by atoms with E-state index in [1.807, 2.05) is 61.7 Å². The average molecular weight is 547 g/mol. The molecule has 2 aromatic carbocycles. The van der Waals surface area contributed by atoms with Crippen molar-refractivity contribution < 1.29 is 5.11 Å². The van der Waals surface area contributed by atoms with Gasteiger partial charge in [-0.15, -0.1) is 35.3 Å². The molecule has 31 heavy (non-hydrogen) atoms. The Balaban J connectivity index is 0.00000272. The van der Waals surface area contributed by atoms with Crippen LogP contribution in [0.3, 0.4) is 0 Å². The Morgan fingerprint density at radius 3 is 2.68 bits per heavy atom. The molecule has 2 heterocycles. The van der Waals surface area contributed by atoms with Gasteiger partial charge in [-0.3, -0.25) is 0 Å². The predicted molar refractivity (Wildman–Crippen MR) is 139 cm³/mol. The summed E-state index contributed by atoms with van der Waals surface area (Å²) in [6.45, 7) is 3.55. The number of H-pyrrole nitrogens is 1. The first kappa shape index (κ1) is 23.2. The smallest absolute Gasteiger partial charge is 0.191 e. The number of imidazole rings is 1. The van der Waals surface area contributed by atoms with Crippen molar-refractivity contribution in [2.24, 2.45) is 4.99 Å². The van der Waals surface area contributed by atoms with Gasteiger partial charge in [0.2, 0.25) is 0 Å². The standard InChI is InChI=1S/C23H25N5OS.HI/c1-2-24-23(26-14-19(29)21-12-17-10-6-7-11-20(17)30-21)27-15-22-25-13-18(28-22)16-8-4-3-5-9-16;/h3-13,19,29H,2,14-15H2,1H3,(H,25,28)(H2,24,26,27);1H. The number of hydrogen-bond donors (Lipinski definition) is 4. The minimum Gasteiger partial charge on any atom is -0.386 e. The van der Waals surface area contributed by atoms with E-state index in [0.29, 0.717) is 19.0 Å². The molecule has 0 spiro atoms. The highest BCUT2D eigenvalue weighted by Crippen LogP contribution is 2.29. The molecule has 0 amide bonds. The number of rotatable bonds is 7. The Morgan fingerprint density at radius 1 is 1.13 bits per heavy atom. The highest BCUT2D eigenvalue weighted by atomic mass is 127. The molecule has 1 unspecified atom stereocenters. The van der Waals surface area contributed by atoms with Crippen molar-refractivity contribution in [2.45, 2.75) is 19.6 Å². The molecule has 0 fully saturated rings. The van der Waals surface area contributed by atoms with Gasteiger partial charge in [-0.1, -0.05) is 48.5 Å². The number of aromatic nitrogens is 2. The number of benzene rings is 2. The van der Waals surface area contributed by atoms with Gasteiger partial charge in [-0.05, 0) is 30.0 Å². The highest BCUT2D eigenvalue weighted by molar-refractivity contribution is 14.0. The van der Waals surface area contributed by atoms with Crippen LogP contribution in [0.5, 0.6) is 0 Å². The van der Waals surface area contributed by atoms with E-state index >= 15 is 0 Å². The molecule has 0 radical (unpaired) electrons. The maximum absolute atomic E-state index is 10.6. The van der Waals surface area contributed by atoms with Gasteiger partial charge in [0.1, 0.15) is 18.5 Å². The molecule has 0 aliphatic rings. The third-order valence-corrected chi connectivity index (χ3v) is 5.90. The van der Waals surface area contributed by atoms with E-state index in [4.69, 9.17) is 0 Å². The number of halogens is 1. The van der Waals surface area contributed by atoms with Crippen molar-refractivity contribution in [2.75, 3.05) is 13.1 Å². The first-order valence-electron chi connectivity index (χ1n) is 10.0. The zero-order valence-electron chi connectivity index (χ0n) is 17.2. The number of aliphatic imine (C=N–C) groups is 1. The fraction of sp³-hybridized carbons (Fsp3) is 0.217. The molecule has 0 bridgehead atoms. The monoisotopic (exact) mass is 547 g/mol. The summed E-state index contributed by atoms with van der Waals surface area (Å²) in [7, 11) is 0. The lowest BCUT2D eigenvalue weighted by atomic mass is 10.2. The quantitative estimate of drug-likeness (QED) is 0.154. The lowest BCUT2D eigenvalue weighted by Crippen LogP contribution is -2.39. The molecule has 4 N–H and O–H groups in total. The Bertz CT molecular complexity index is 1090. The third-order valence-electron chi connectivity index (χ3n) is 4.68. The first-order valence-corrected chi connectivity index (χ1v) is 10.8. The van der Waals surface area contributed by atoms with Gasteiger partial charge in [0, 0.05) is 22.7 Å². The zero-order chi connectivity index (χ0) is 20.8. The number of fused-ring (bicyclic) bond motifs is 1. The van der Waals surface area contributed by atoms with E-state index in [0.717, 1.165) is 33.9 Å².